The highest BCUT2D eigenvalue weighted by Gasteiger charge is 2.19. The number of carboxylic acids is 1. The number of aliphatic carboxylic acids is 1. The molecule has 0 aliphatic carbocycles. The molecule has 1 unspecified atom stereocenters. The lowest BCUT2D eigenvalue weighted by Crippen LogP contribution is -2.44. The van der Waals surface area contributed by atoms with E-state index in [1.165, 1.54) is 30.3 Å². The Balaban J connectivity index is 1.87. The molecule has 0 radical (unpaired) electrons. The molecule has 1 saturated heterocycles. The van der Waals surface area contributed by atoms with Gasteiger partial charge in [-0.25, -0.2) is 4.79 Å². The van der Waals surface area contributed by atoms with Gasteiger partial charge in [-0.3, -0.25) is 4.79 Å². The number of piperidine rings is 1. The summed E-state index contributed by atoms with van der Waals surface area (Å²) in [6, 6.07) is 3.90. The minimum Gasteiger partial charge on any atom is -0.478 e. The van der Waals surface area contributed by atoms with Crippen molar-refractivity contribution in [1.82, 2.24) is 10.2 Å². The van der Waals surface area contributed by atoms with E-state index >= 15 is 0 Å². The van der Waals surface area contributed by atoms with E-state index in [2.05, 4.69) is 17.3 Å². The Morgan fingerprint density at radius 3 is 3.00 bits per heavy atom. The summed E-state index contributed by atoms with van der Waals surface area (Å²) in [5.74, 6) is -1.08. The van der Waals surface area contributed by atoms with Gasteiger partial charge in [0.1, 0.15) is 0 Å². The topological polar surface area (TPSA) is 69.6 Å². The van der Waals surface area contributed by atoms with Crippen molar-refractivity contribution in [3.63, 3.8) is 0 Å². The van der Waals surface area contributed by atoms with Crippen molar-refractivity contribution in [3.05, 3.63) is 28.0 Å². The highest BCUT2D eigenvalue weighted by molar-refractivity contribution is 7.14. The Labute approximate surface area is 128 Å². The number of nitrogens with zero attached hydrogens (tertiary/aromatic N) is 1. The molecule has 0 aromatic carbocycles. The van der Waals surface area contributed by atoms with Crippen LogP contribution in [0.1, 0.15) is 33.8 Å². The minimum atomic E-state index is -0.991. The molecule has 5 nitrogen and oxygen atoms in total. The van der Waals surface area contributed by atoms with E-state index in [-0.39, 0.29) is 5.91 Å². The molecule has 1 aromatic heterocycles. The maximum absolute atomic E-state index is 12.1. The van der Waals surface area contributed by atoms with E-state index in [0.29, 0.717) is 17.5 Å². The third kappa shape index (κ3) is 4.68. The second kappa shape index (κ2) is 7.38. The summed E-state index contributed by atoms with van der Waals surface area (Å²) in [6.07, 6.45) is 6.14. The summed E-state index contributed by atoms with van der Waals surface area (Å²) in [4.78, 5) is 26.2. The van der Waals surface area contributed by atoms with Gasteiger partial charge in [0.05, 0.1) is 4.88 Å². The second-order valence-electron chi connectivity index (χ2n) is 5.21. The Bertz CT molecular complexity index is 539. The molecule has 114 valence electrons. The van der Waals surface area contributed by atoms with Gasteiger partial charge >= 0.3 is 5.97 Å². The van der Waals surface area contributed by atoms with Crippen LogP contribution in [-0.2, 0) is 4.79 Å². The molecule has 1 amide bonds. The third-order valence-electron chi connectivity index (χ3n) is 3.66. The van der Waals surface area contributed by atoms with Crippen molar-refractivity contribution in [2.45, 2.75) is 25.3 Å². The number of hydrogen-bond acceptors (Lipinski definition) is 4. The first-order chi connectivity index (χ1) is 10.1. The predicted octanol–water partition coefficient (Wildman–Crippen LogP) is 2.06. The van der Waals surface area contributed by atoms with Gasteiger partial charge in [-0.1, -0.05) is 6.42 Å². The number of nitrogens with one attached hydrogen (secondary N) is 1. The lowest BCUT2D eigenvalue weighted by Gasteiger charge is -2.32. The number of thiophene rings is 1. The summed E-state index contributed by atoms with van der Waals surface area (Å²) < 4.78 is 0. The lowest BCUT2D eigenvalue weighted by atomic mass is 10.0. The standard InChI is InChI=1S/C15H20N2O3S/c1-17-9-3-2-4-11(17)10-16-15(20)13-7-5-12(21-13)6-8-14(18)19/h5-8,11H,2-4,9-10H2,1H3,(H,16,20)(H,18,19). The first kappa shape index (κ1) is 15.7. The Morgan fingerprint density at radius 2 is 2.29 bits per heavy atom. The number of hydrogen-bond donors (Lipinski definition) is 2. The van der Waals surface area contributed by atoms with Crippen LogP contribution in [0.3, 0.4) is 0 Å². The molecule has 2 heterocycles. The van der Waals surface area contributed by atoms with Crippen LogP contribution in [0.15, 0.2) is 18.2 Å². The molecule has 1 aliphatic rings. The van der Waals surface area contributed by atoms with Crippen molar-refractivity contribution in [2.24, 2.45) is 0 Å². The fourth-order valence-corrected chi connectivity index (χ4v) is 3.24. The number of carboxylic acid groups (broad SMARTS) is 1. The first-order valence-corrected chi connectivity index (χ1v) is 7.87. The Kier molecular flexibility index (Phi) is 5.52. The van der Waals surface area contributed by atoms with E-state index in [4.69, 9.17) is 5.11 Å². The van der Waals surface area contributed by atoms with Crippen LogP contribution in [-0.4, -0.2) is 48.1 Å². The number of likely N-dealkylation sites (tertiary alicyclic amines) is 1. The molecule has 2 rings (SSSR count). The van der Waals surface area contributed by atoms with Crippen LogP contribution >= 0.6 is 11.3 Å². The molecule has 2 N–H and O–H groups in total. The van der Waals surface area contributed by atoms with E-state index in [0.717, 1.165) is 23.9 Å². The number of carbonyl (C=O) groups is 2. The first-order valence-electron chi connectivity index (χ1n) is 7.05. The fourth-order valence-electron chi connectivity index (χ4n) is 2.42. The Hall–Kier alpha value is -1.66. The average Bonchev–Trinajstić information content (AvgIpc) is 2.93. The van der Waals surface area contributed by atoms with E-state index < -0.39 is 5.97 Å². The molecule has 1 aliphatic heterocycles. The van der Waals surface area contributed by atoms with Gasteiger partial charge in [-0.2, -0.15) is 0 Å². The van der Waals surface area contributed by atoms with Crippen LogP contribution in [0.2, 0.25) is 0 Å². The molecule has 1 fully saturated rings. The summed E-state index contributed by atoms with van der Waals surface area (Å²) in [6.45, 7) is 1.75. The maximum Gasteiger partial charge on any atom is 0.328 e. The molecule has 0 spiro atoms. The second-order valence-corrected chi connectivity index (χ2v) is 6.33. The van der Waals surface area contributed by atoms with Crippen LogP contribution in [0.25, 0.3) is 6.08 Å². The molecular weight excluding hydrogens is 288 g/mol. The van der Waals surface area contributed by atoms with Crippen LogP contribution in [0, 0.1) is 0 Å². The lowest BCUT2D eigenvalue weighted by molar-refractivity contribution is -0.131. The van der Waals surface area contributed by atoms with Gasteiger partial charge < -0.3 is 15.3 Å². The monoisotopic (exact) mass is 308 g/mol. The molecule has 21 heavy (non-hydrogen) atoms. The van der Waals surface area contributed by atoms with Gasteiger partial charge in [0.2, 0.25) is 0 Å². The SMILES string of the molecule is CN1CCCCC1CNC(=O)c1ccc(C=CC(=O)O)s1. The van der Waals surface area contributed by atoms with Crippen LogP contribution in [0.5, 0.6) is 0 Å². The van der Waals surface area contributed by atoms with Gasteiger partial charge in [0.15, 0.2) is 0 Å². The third-order valence-corrected chi connectivity index (χ3v) is 4.71. The molecular formula is C15H20N2O3S. The van der Waals surface area contributed by atoms with Crippen LogP contribution in [0.4, 0.5) is 0 Å². The maximum atomic E-state index is 12.1. The molecule has 1 aromatic rings. The van der Waals surface area contributed by atoms with Gasteiger partial charge in [0, 0.05) is 23.5 Å². The van der Waals surface area contributed by atoms with Crippen molar-refractivity contribution in [3.8, 4) is 0 Å². The van der Waals surface area contributed by atoms with E-state index in [1.54, 1.807) is 12.1 Å². The number of rotatable bonds is 5. The molecule has 0 saturated carbocycles. The molecule has 1 atom stereocenters. The summed E-state index contributed by atoms with van der Waals surface area (Å²) in [5.41, 5.74) is 0. The molecule has 0 bridgehead atoms. The highest BCUT2D eigenvalue weighted by atomic mass is 32.1. The number of amides is 1. The fraction of sp³-hybridized carbons (Fsp3) is 0.467. The number of likely N-dealkylation sites (N-methyl/N-ethyl adjacent to an activating group) is 1. The highest BCUT2D eigenvalue weighted by Crippen LogP contribution is 2.18. The largest absolute Gasteiger partial charge is 0.478 e. The van der Waals surface area contributed by atoms with Crippen molar-refractivity contribution < 1.29 is 14.7 Å². The molecule has 6 heteroatoms. The Morgan fingerprint density at radius 1 is 1.48 bits per heavy atom. The zero-order valence-corrected chi connectivity index (χ0v) is 12.9. The summed E-state index contributed by atoms with van der Waals surface area (Å²) >= 11 is 1.29. The van der Waals surface area contributed by atoms with Gasteiger partial charge in [0.25, 0.3) is 5.91 Å². The van der Waals surface area contributed by atoms with Gasteiger partial charge in [-0.15, -0.1) is 11.3 Å². The smallest absolute Gasteiger partial charge is 0.328 e. The number of carbonyl (C=O) groups excluding carboxylic acids is 1. The van der Waals surface area contributed by atoms with E-state index in [1.807, 2.05) is 0 Å². The van der Waals surface area contributed by atoms with Crippen molar-refractivity contribution >= 4 is 29.3 Å². The summed E-state index contributed by atoms with van der Waals surface area (Å²) in [5, 5.41) is 11.5. The minimum absolute atomic E-state index is 0.0889. The normalized spacial score (nSPS) is 19.8. The van der Waals surface area contributed by atoms with Crippen LogP contribution < -0.4 is 5.32 Å². The summed E-state index contributed by atoms with van der Waals surface area (Å²) in [7, 11) is 2.09. The average molecular weight is 308 g/mol. The zero-order chi connectivity index (χ0) is 15.2. The van der Waals surface area contributed by atoms with Crippen molar-refractivity contribution in [1.29, 1.82) is 0 Å². The van der Waals surface area contributed by atoms with E-state index in [9.17, 15) is 9.59 Å². The van der Waals surface area contributed by atoms with Crippen molar-refractivity contribution in [2.75, 3.05) is 20.1 Å². The predicted molar refractivity (Wildman–Crippen MR) is 83.6 cm³/mol. The quantitative estimate of drug-likeness (QED) is 0.817. The van der Waals surface area contributed by atoms with Gasteiger partial charge in [-0.05, 0) is 44.6 Å². The zero-order valence-electron chi connectivity index (χ0n) is 12.0.